The van der Waals surface area contributed by atoms with Gasteiger partial charge >= 0.3 is 0 Å². The van der Waals surface area contributed by atoms with Gasteiger partial charge in [0.25, 0.3) is 0 Å². The molecular formula is C15H27N5O2. The minimum Gasteiger partial charge on any atom is -0.347 e. The Bertz CT molecular complexity index is 502. The minimum absolute atomic E-state index is 0.0646. The van der Waals surface area contributed by atoms with Crippen LogP contribution in [0.15, 0.2) is 4.52 Å². The van der Waals surface area contributed by atoms with E-state index in [1.165, 1.54) is 0 Å². The average molecular weight is 309 g/mol. The van der Waals surface area contributed by atoms with E-state index in [1.54, 1.807) is 19.0 Å². The zero-order chi connectivity index (χ0) is 16.3. The van der Waals surface area contributed by atoms with Gasteiger partial charge in [-0.25, -0.2) is 0 Å². The smallest absolute Gasteiger partial charge is 0.239 e. The highest BCUT2D eigenvalue weighted by Crippen LogP contribution is 2.19. The zero-order valence-electron chi connectivity index (χ0n) is 14.2. The first-order valence-corrected chi connectivity index (χ1v) is 7.89. The maximum atomic E-state index is 12.1. The summed E-state index contributed by atoms with van der Waals surface area (Å²) in [6.07, 6.45) is 1.82. The largest absolute Gasteiger partial charge is 0.347 e. The van der Waals surface area contributed by atoms with Gasteiger partial charge in [-0.1, -0.05) is 12.1 Å². The molecule has 0 aliphatic carbocycles. The Balaban J connectivity index is 1.88. The van der Waals surface area contributed by atoms with E-state index in [0.717, 1.165) is 31.8 Å². The van der Waals surface area contributed by atoms with Gasteiger partial charge in [0.05, 0.1) is 12.6 Å². The highest BCUT2D eigenvalue weighted by atomic mass is 16.5. The summed E-state index contributed by atoms with van der Waals surface area (Å²) in [6.45, 7) is 6.51. The van der Waals surface area contributed by atoms with Crippen molar-refractivity contribution in [1.82, 2.24) is 24.8 Å². The van der Waals surface area contributed by atoms with Gasteiger partial charge in [-0.15, -0.1) is 0 Å². The second-order valence-electron chi connectivity index (χ2n) is 6.22. The monoisotopic (exact) mass is 309 g/mol. The molecule has 7 nitrogen and oxygen atoms in total. The number of aromatic nitrogens is 2. The summed E-state index contributed by atoms with van der Waals surface area (Å²) in [4.78, 5) is 22.6. The Labute approximate surface area is 132 Å². The molecule has 1 aromatic heterocycles. The fourth-order valence-corrected chi connectivity index (χ4v) is 2.86. The summed E-state index contributed by atoms with van der Waals surface area (Å²) < 4.78 is 5.15. The van der Waals surface area contributed by atoms with E-state index >= 15 is 0 Å². The lowest BCUT2D eigenvalue weighted by atomic mass is 10.2. The predicted molar refractivity (Wildman–Crippen MR) is 83.3 cm³/mol. The first-order valence-electron chi connectivity index (χ1n) is 7.89. The number of nitrogens with zero attached hydrogens (tertiary/aromatic N) is 5. The summed E-state index contributed by atoms with van der Waals surface area (Å²) in [5, 5.41) is 4.00. The number of amides is 1. The van der Waals surface area contributed by atoms with Crippen molar-refractivity contribution >= 4 is 5.91 Å². The molecule has 1 aliphatic heterocycles. The van der Waals surface area contributed by atoms with Gasteiger partial charge in [-0.2, -0.15) is 4.98 Å². The summed E-state index contributed by atoms with van der Waals surface area (Å²) in [7, 11) is 5.69. The zero-order valence-corrected chi connectivity index (χ0v) is 14.2. The SMILES string of the molecule is CCc1nc(CN(C)[C@@H]2CCN([C@H](C)C(=O)N(C)C)C2)no1. The van der Waals surface area contributed by atoms with Gasteiger partial charge in [0.1, 0.15) is 0 Å². The third-order valence-electron chi connectivity index (χ3n) is 4.37. The van der Waals surface area contributed by atoms with Gasteiger partial charge in [0, 0.05) is 39.6 Å². The number of likely N-dealkylation sites (tertiary alicyclic amines) is 1. The Morgan fingerprint density at radius 3 is 2.77 bits per heavy atom. The molecule has 2 heterocycles. The van der Waals surface area contributed by atoms with Crippen molar-refractivity contribution in [2.24, 2.45) is 0 Å². The molecule has 2 atom stereocenters. The van der Waals surface area contributed by atoms with Gasteiger partial charge in [0.2, 0.25) is 11.8 Å². The van der Waals surface area contributed by atoms with Crippen LogP contribution in [-0.4, -0.2) is 77.1 Å². The molecule has 1 fully saturated rings. The third-order valence-corrected chi connectivity index (χ3v) is 4.37. The molecule has 1 saturated heterocycles. The molecule has 7 heteroatoms. The minimum atomic E-state index is -0.0646. The Morgan fingerprint density at radius 2 is 2.18 bits per heavy atom. The van der Waals surface area contributed by atoms with Crippen LogP contribution in [0, 0.1) is 0 Å². The Kier molecular flexibility index (Phi) is 5.52. The number of hydrogen-bond acceptors (Lipinski definition) is 6. The van der Waals surface area contributed by atoms with Gasteiger partial charge in [0.15, 0.2) is 5.82 Å². The van der Waals surface area contributed by atoms with E-state index in [4.69, 9.17) is 4.52 Å². The van der Waals surface area contributed by atoms with Crippen molar-refractivity contribution in [3.8, 4) is 0 Å². The van der Waals surface area contributed by atoms with Gasteiger partial charge in [-0.3, -0.25) is 14.6 Å². The molecule has 1 aliphatic rings. The molecule has 124 valence electrons. The van der Waals surface area contributed by atoms with Crippen LogP contribution >= 0.6 is 0 Å². The summed E-state index contributed by atoms with van der Waals surface area (Å²) >= 11 is 0. The highest BCUT2D eigenvalue weighted by molar-refractivity contribution is 5.80. The van der Waals surface area contributed by atoms with Crippen molar-refractivity contribution in [3.05, 3.63) is 11.7 Å². The second-order valence-corrected chi connectivity index (χ2v) is 6.22. The van der Waals surface area contributed by atoms with E-state index in [-0.39, 0.29) is 11.9 Å². The quantitative estimate of drug-likeness (QED) is 0.767. The molecular weight excluding hydrogens is 282 g/mol. The first kappa shape index (κ1) is 16.9. The summed E-state index contributed by atoms with van der Waals surface area (Å²) in [6, 6.07) is 0.353. The number of carbonyl (C=O) groups excluding carboxylic acids is 1. The number of rotatable bonds is 6. The van der Waals surface area contributed by atoms with E-state index in [9.17, 15) is 4.79 Å². The molecule has 0 saturated carbocycles. The number of carbonyl (C=O) groups is 1. The summed E-state index contributed by atoms with van der Waals surface area (Å²) in [5.41, 5.74) is 0. The lowest BCUT2D eigenvalue weighted by Crippen LogP contribution is -2.45. The number of likely N-dealkylation sites (N-methyl/N-ethyl adjacent to an activating group) is 2. The van der Waals surface area contributed by atoms with Crippen molar-refractivity contribution in [3.63, 3.8) is 0 Å². The molecule has 1 amide bonds. The number of hydrogen-bond donors (Lipinski definition) is 0. The van der Waals surface area contributed by atoms with Gasteiger partial charge in [-0.05, 0) is 20.4 Å². The average Bonchev–Trinajstić information content (AvgIpc) is 3.14. The van der Waals surface area contributed by atoms with Crippen LogP contribution < -0.4 is 0 Å². The van der Waals surface area contributed by atoms with E-state index in [1.807, 2.05) is 13.8 Å². The molecule has 22 heavy (non-hydrogen) atoms. The first-order chi connectivity index (χ1) is 10.4. The molecule has 0 radical (unpaired) electrons. The molecule has 0 unspecified atom stereocenters. The molecule has 1 aromatic rings. The fourth-order valence-electron chi connectivity index (χ4n) is 2.86. The van der Waals surface area contributed by atoms with Crippen LogP contribution in [0.1, 0.15) is 32.0 Å². The highest BCUT2D eigenvalue weighted by Gasteiger charge is 2.32. The van der Waals surface area contributed by atoms with E-state index in [0.29, 0.717) is 18.5 Å². The Morgan fingerprint density at radius 1 is 1.45 bits per heavy atom. The van der Waals surface area contributed by atoms with Crippen LogP contribution in [0.4, 0.5) is 0 Å². The standard InChI is InChI=1S/C15H27N5O2/c1-6-14-16-13(17-22-14)10-19(5)12-7-8-20(9-12)11(2)15(21)18(3)4/h11-12H,6-10H2,1-5H3/t11-,12-/m1/s1. The van der Waals surface area contributed by atoms with E-state index < -0.39 is 0 Å². The van der Waals surface area contributed by atoms with Crippen molar-refractivity contribution in [2.75, 3.05) is 34.2 Å². The Hall–Kier alpha value is -1.47. The van der Waals surface area contributed by atoms with Crippen LogP contribution in [0.25, 0.3) is 0 Å². The van der Waals surface area contributed by atoms with Crippen molar-refractivity contribution < 1.29 is 9.32 Å². The second kappa shape index (κ2) is 7.19. The van der Waals surface area contributed by atoms with Crippen molar-refractivity contribution in [1.29, 1.82) is 0 Å². The maximum Gasteiger partial charge on any atom is 0.239 e. The third kappa shape index (κ3) is 3.84. The fraction of sp³-hybridized carbons (Fsp3) is 0.800. The molecule has 0 bridgehead atoms. The molecule has 0 spiro atoms. The molecule has 0 aromatic carbocycles. The van der Waals surface area contributed by atoms with Crippen LogP contribution in [-0.2, 0) is 17.8 Å². The molecule has 2 rings (SSSR count). The van der Waals surface area contributed by atoms with Crippen LogP contribution in [0.5, 0.6) is 0 Å². The van der Waals surface area contributed by atoms with Crippen LogP contribution in [0.2, 0.25) is 0 Å². The van der Waals surface area contributed by atoms with E-state index in [2.05, 4.69) is 27.0 Å². The predicted octanol–water partition coefficient (Wildman–Crippen LogP) is 0.615. The lowest BCUT2D eigenvalue weighted by Gasteiger charge is -2.27. The number of aryl methyl sites for hydroxylation is 1. The molecule has 0 N–H and O–H groups in total. The lowest BCUT2D eigenvalue weighted by molar-refractivity contribution is -0.133. The normalized spacial score (nSPS) is 20.5. The van der Waals surface area contributed by atoms with Crippen LogP contribution in [0.3, 0.4) is 0 Å². The van der Waals surface area contributed by atoms with Gasteiger partial charge < -0.3 is 9.42 Å². The summed E-state index contributed by atoms with van der Waals surface area (Å²) in [5.74, 6) is 1.57. The van der Waals surface area contributed by atoms with Crippen molar-refractivity contribution in [2.45, 2.75) is 45.3 Å². The topological polar surface area (TPSA) is 65.7 Å². The maximum absolute atomic E-state index is 12.1.